The van der Waals surface area contributed by atoms with Gasteiger partial charge in [0.05, 0.1) is 16.8 Å². The number of carbonyl (C=O) groups excluding carboxylic acids is 2. The summed E-state index contributed by atoms with van der Waals surface area (Å²) in [6.07, 6.45) is 17.7. The molecule has 8 rings (SSSR count). The standard InChI is InChI=1S/C53H59NO3S/c1-4-6-7-9-36-14-18-41(19-15-36)42-32-45-49(53(57)51-47(55)31-30-46(50(51)52(45)56)54-43-26-10-34(3)11-27-43)48(33-42)58-44-28-24-40(25-29-44)39-22-20-38(21-23-39)37-16-12-35(8-5-2)13-17-37/h10-11,20-33,35-37,41,54-55H,4-9,12-19H2,1-3H3. The molecule has 0 heterocycles. The van der Waals surface area contributed by atoms with Crippen molar-refractivity contribution in [2.75, 3.05) is 5.32 Å². The monoisotopic (exact) mass is 789 g/mol. The van der Waals surface area contributed by atoms with Crippen LogP contribution in [0.1, 0.15) is 164 Å². The molecule has 0 aromatic heterocycles. The molecule has 3 aliphatic carbocycles. The summed E-state index contributed by atoms with van der Waals surface area (Å²) < 4.78 is 0. The van der Waals surface area contributed by atoms with Crippen molar-refractivity contribution in [1.82, 2.24) is 0 Å². The summed E-state index contributed by atoms with van der Waals surface area (Å²) in [4.78, 5) is 31.2. The van der Waals surface area contributed by atoms with Gasteiger partial charge in [0.1, 0.15) is 5.75 Å². The fourth-order valence-corrected chi connectivity index (χ4v) is 11.1. The Hall–Kier alpha value is -4.61. The van der Waals surface area contributed by atoms with Crippen LogP contribution in [0.2, 0.25) is 0 Å². The third-order valence-corrected chi connectivity index (χ3v) is 14.5. The topological polar surface area (TPSA) is 66.4 Å². The van der Waals surface area contributed by atoms with E-state index >= 15 is 0 Å². The highest BCUT2D eigenvalue weighted by atomic mass is 32.2. The highest BCUT2D eigenvalue weighted by Crippen LogP contribution is 2.46. The summed E-state index contributed by atoms with van der Waals surface area (Å²) >= 11 is 1.55. The number of anilines is 2. The van der Waals surface area contributed by atoms with Crippen molar-refractivity contribution >= 4 is 34.7 Å². The summed E-state index contributed by atoms with van der Waals surface area (Å²) in [5.74, 6) is 1.98. The van der Waals surface area contributed by atoms with E-state index in [1.165, 1.54) is 94.2 Å². The lowest BCUT2D eigenvalue weighted by molar-refractivity contribution is 0.0975. The maximum Gasteiger partial charge on any atom is 0.199 e. The molecule has 3 aliphatic rings. The van der Waals surface area contributed by atoms with Crippen molar-refractivity contribution in [2.45, 2.75) is 132 Å². The number of hydrogen-bond acceptors (Lipinski definition) is 5. The Bertz CT molecular complexity index is 2220. The smallest absolute Gasteiger partial charge is 0.199 e. The molecular formula is C53H59NO3S. The number of hydrogen-bond donors (Lipinski definition) is 2. The zero-order chi connectivity index (χ0) is 40.2. The highest BCUT2D eigenvalue weighted by Gasteiger charge is 2.37. The lowest BCUT2D eigenvalue weighted by Crippen LogP contribution is -2.24. The fraction of sp³-hybridized carbons (Fsp3) is 0.396. The number of phenolic OH excluding ortho intramolecular Hbond substituents is 1. The van der Waals surface area contributed by atoms with Crippen molar-refractivity contribution in [2.24, 2.45) is 11.8 Å². The molecule has 2 N–H and O–H groups in total. The van der Waals surface area contributed by atoms with Crippen molar-refractivity contribution in [1.29, 1.82) is 0 Å². The normalized spacial score (nSPS) is 20.4. The Balaban J connectivity index is 1.08. The van der Waals surface area contributed by atoms with Crippen LogP contribution in [0.15, 0.2) is 107 Å². The molecule has 5 aromatic carbocycles. The molecular weight excluding hydrogens is 731 g/mol. The van der Waals surface area contributed by atoms with Gasteiger partial charge in [0.25, 0.3) is 0 Å². The summed E-state index contributed by atoms with van der Waals surface area (Å²) in [7, 11) is 0. The van der Waals surface area contributed by atoms with Gasteiger partial charge in [0, 0.05) is 26.6 Å². The number of ketones is 2. The molecule has 5 heteroatoms. The van der Waals surface area contributed by atoms with Crippen LogP contribution in [-0.2, 0) is 0 Å². The molecule has 4 nitrogen and oxygen atoms in total. The van der Waals surface area contributed by atoms with Crippen molar-refractivity contribution < 1.29 is 14.7 Å². The average molecular weight is 790 g/mol. The second kappa shape index (κ2) is 18.1. The molecule has 2 saturated carbocycles. The SMILES string of the molecule is CCCCCC1CCC(c2cc(Sc3ccc(-c4ccc(C5CCC(CCC)CC5)cc4)cc3)c3c(c2)C(=O)c2c(Nc4ccc(C)cc4)ccc(O)c2C3=O)CC1. The van der Waals surface area contributed by atoms with E-state index in [-0.39, 0.29) is 28.4 Å². The molecule has 0 spiro atoms. The van der Waals surface area contributed by atoms with E-state index in [0.717, 1.165) is 56.8 Å². The molecule has 300 valence electrons. The van der Waals surface area contributed by atoms with Gasteiger partial charge in [0.2, 0.25) is 0 Å². The van der Waals surface area contributed by atoms with Gasteiger partial charge in [-0.3, -0.25) is 9.59 Å². The second-order valence-electron chi connectivity index (χ2n) is 17.4. The second-order valence-corrected chi connectivity index (χ2v) is 18.6. The van der Waals surface area contributed by atoms with Crippen molar-refractivity contribution in [3.63, 3.8) is 0 Å². The van der Waals surface area contributed by atoms with Gasteiger partial charge in [-0.2, -0.15) is 0 Å². The molecule has 2 fully saturated rings. The molecule has 5 aromatic rings. The number of nitrogens with one attached hydrogen (secondary N) is 1. The Morgan fingerprint density at radius 3 is 1.86 bits per heavy atom. The molecule has 0 atom stereocenters. The number of unbranched alkanes of at least 4 members (excludes halogenated alkanes) is 2. The van der Waals surface area contributed by atoms with E-state index in [4.69, 9.17) is 0 Å². The minimum absolute atomic E-state index is 0.0737. The van der Waals surface area contributed by atoms with Gasteiger partial charge >= 0.3 is 0 Å². The summed E-state index contributed by atoms with van der Waals surface area (Å²) in [5, 5.41) is 14.6. The number of aryl methyl sites for hydroxylation is 1. The van der Waals surface area contributed by atoms with Crippen LogP contribution in [-0.4, -0.2) is 16.7 Å². The Labute approximate surface area is 350 Å². The summed E-state index contributed by atoms with van der Waals surface area (Å²) in [6, 6.07) is 33.1. The highest BCUT2D eigenvalue weighted by molar-refractivity contribution is 7.99. The van der Waals surface area contributed by atoms with Crippen LogP contribution in [0.25, 0.3) is 11.1 Å². The van der Waals surface area contributed by atoms with Crippen molar-refractivity contribution in [3.8, 4) is 16.9 Å². The van der Waals surface area contributed by atoms with Gasteiger partial charge in [-0.15, -0.1) is 0 Å². The maximum absolute atomic E-state index is 14.8. The first kappa shape index (κ1) is 40.2. The van der Waals surface area contributed by atoms with Crippen LogP contribution in [0.4, 0.5) is 11.4 Å². The number of rotatable bonds is 13. The molecule has 0 bridgehead atoms. The van der Waals surface area contributed by atoms with E-state index in [0.29, 0.717) is 28.7 Å². The van der Waals surface area contributed by atoms with E-state index in [1.54, 1.807) is 17.8 Å². The first-order valence-corrected chi connectivity index (χ1v) is 23.0. The number of benzene rings is 5. The Morgan fingerprint density at radius 2 is 1.22 bits per heavy atom. The Morgan fingerprint density at radius 1 is 0.603 bits per heavy atom. The predicted molar refractivity (Wildman–Crippen MR) is 240 cm³/mol. The van der Waals surface area contributed by atoms with Crippen LogP contribution in [0.5, 0.6) is 5.75 Å². The minimum atomic E-state index is -0.307. The number of phenols is 1. The van der Waals surface area contributed by atoms with E-state index < -0.39 is 0 Å². The first-order valence-electron chi connectivity index (χ1n) is 22.1. The number of aromatic hydroxyl groups is 1. The third kappa shape index (κ3) is 8.71. The number of fused-ring (bicyclic) bond motifs is 2. The largest absolute Gasteiger partial charge is 0.507 e. The van der Waals surface area contributed by atoms with Gasteiger partial charge in [-0.25, -0.2) is 0 Å². The fourth-order valence-electron chi connectivity index (χ4n) is 10.0. The molecule has 0 saturated heterocycles. The first-order chi connectivity index (χ1) is 28.3. The molecule has 0 unspecified atom stereocenters. The molecule has 0 amide bonds. The van der Waals surface area contributed by atoms with Gasteiger partial charge < -0.3 is 10.4 Å². The quantitative estimate of drug-likeness (QED) is 0.0901. The molecule has 0 radical (unpaired) electrons. The Kier molecular flexibility index (Phi) is 12.6. The van der Waals surface area contributed by atoms with Gasteiger partial charge in [-0.1, -0.05) is 118 Å². The van der Waals surface area contributed by atoms with E-state index in [2.05, 4.69) is 73.8 Å². The predicted octanol–water partition coefficient (Wildman–Crippen LogP) is 15.0. The summed E-state index contributed by atoms with van der Waals surface area (Å²) in [5.41, 5.74) is 8.58. The lowest BCUT2D eigenvalue weighted by atomic mass is 9.75. The summed E-state index contributed by atoms with van der Waals surface area (Å²) in [6.45, 7) is 6.60. The lowest BCUT2D eigenvalue weighted by Gasteiger charge is -2.30. The molecule has 0 aliphatic heterocycles. The third-order valence-electron chi connectivity index (χ3n) is 13.4. The van der Waals surface area contributed by atoms with Gasteiger partial charge in [0.15, 0.2) is 11.6 Å². The van der Waals surface area contributed by atoms with Crippen molar-refractivity contribution in [3.05, 3.63) is 136 Å². The van der Waals surface area contributed by atoms with E-state index in [1.807, 2.05) is 37.3 Å². The minimum Gasteiger partial charge on any atom is -0.507 e. The van der Waals surface area contributed by atoms with Crippen LogP contribution < -0.4 is 5.32 Å². The van der Waals surface area contributed by atoms with Crippen LogP contribution in [0.3, 0.4) is 0 Å². The molecule has 58 heavy (non-hydrogen) atoms. The number of carbonyl (C=O) groups is 2. The average Bonchev–Trinajstić information content (AvgIpc) is 3.25. The zero-order valence-corrected chi connectivity index (χ0v) is 35.4. The van der Waals surface area contributed by atoms with Crippen LogP contribution >= 0.6 is 11.8 Å². The van der Waals surface area contributed by atoms with Gasteiger partial charge in [-0.05, 0) is 153 Å². The zero-order valence-electron chi connectivity index (χ0n) is 34.6. The van der Waals surface area contributed by atoms with Crippen LogP contribution in [0, 0.1) is 18.8 Å². The van der Waals surface area contributed by atoms with E-state index in [9.17, 15) is 14.7 Å². The maximum atomic E-state index is 14.8.